The van der Waals surface area contributed by atoms with Crippen molar-refractivity contribution in [2.45, 2.75) is 6.18 Å². The quantitative estimate of drug-likeness (QED) is 0.625. The molecular weight excluding hydrogens is 343 g/mol. The number of fused-ring (bicyclic) bond motifs is 3. The van der Waals surface area contributed by atoms with Crippen molar-refractivity contribution in [2.75, 3.05) is 0 Å². The number of nitrogens with zero attached hydrogens (tertiary/aromatic N) is 1. The van der Waals surface area contributed by atoms with Crippen LogP contribution in [0.2, 0.25) is 0 Å². The summed E-state index contributed by atoms with van der Waals surface area (Å²) in [5, 5.41) is 10.8. The molecule has 1 N–H and O–H groups in total. The van der Waals surface area contributed by atoms with Gasteiger partial charge in [0.1, 0.15) is 0 Å². The van der Waals surface area contributed by atoms with Gasteiger partial charge in [0, 0.05) is 16.3 Å². The molecule has 2 aromatic heterocycles. The van der Waals surface area contributed by atoms with Crippen molar-refractivity contribution in [3.8, 4) is 5.88 Å². The molecule has 0 atom stereocenters. The SMILES string of the molecule is Oc1ncc(Br)c2sc3cc(C(F)(F)F)ccc3c12. The van der Waals surface area contributed by atoms with E-state index in [4.69, 9.17) is 0 Å². The second kappa shape index (κ2) is 4.08. The number of alkyl halides is 3. The van der Waals surface area contributed by atoms with Crippen LogP contribution in [0.5, 0.6) is 5.88 Å². The summed E-state index contributed by atoms with van der Waals surface area (Å²) in [6.45, 7) is 0. The molecule has 0 spiro atoms. The Kier molecular flexibility index (Phi) is 2.72. The first-order chi connectivity index (χ1) is 8.88. The van der Waals surface area contributed by atoms with Crippen LogP contribution in [0.15, 0.2) is 28.9 Å². The minimum atomic E-state index is -4.37. The van der Waals surface area contributed by atoms with Gasteiger partial charge in [0.25, 0.3) is 0 Å². The molecule has 0 saturated heterocycles. The van der Waals surface area contributed by atoms with E-state index in [9.17, 15) is 18.3 Å². The highest BCUT2D eigenvalue weighted by Crippen LogP contribution is 2.43. The lowest BCUT2D eigenvalue weighted by molar-refractivity contribution is -0.137. The van der Waals surface area contributed by atoms with E-state index in [2.05, 4.69) is 20.9 Å². The number of aromatic nitrogens is 1. The lowest BCUT2D eigenvalue weighted by Crippen LogP contribution is -2.03. The molecule has 98 valence electrons. The van der Waals surface area contributed by atoms with E-state index < -0.39 is 11.7 Å². The van der Waals surface area contributed by atoms with E-state index in [0.717, 1.165) is 12.1 Å². The minimum Gasteiger partial charge on any atom is -0.493 e. The average Bonchev–Trinajstić information content (AvgIpc) is 2.72. The van der Waals surface area contributed by atoms with Crippen LogP contribution in [0, 0.1) is 0 Å². The zero-order valence-corrected chi connectivity index (χ0v) is 11.5. The van der Waals surface area contributed by atoms with Crippen molar-refractivity contribution in [1.82, 2.24) is 4.98 Å². The summed E-state index contributed by atoms with van der Waals surface area (Å²) in [5.74, 6) is -0.177. The molecule has 0 saturated carbocycles. The van der Waals surface area contributed by atoms with Crippen LogP contribution < -0.4 is 0 Å². The lowest BCUT2D eigenvalue weighted by atomic mass is 10.1. The Hall–Kier alpha value is -1.34. The van der Waals surface area contributed by atoms with Crippen LogP contribution in [0.3, 0.4) is 0 Å². The fourth-order valence-corrected chi connectivity index (χ4v) is 3.59. The molecule has 2 nitrogen and oxygen atoms in total. The summed E-state index contributed by atoms with van der Waals surface area (Å²) in [7, 11) is 0. The molecular formula is C12H5BrF3NOS. The third kappa shape index (κ3) is 1.97. The van der Waals surface area contributed by atoms with Gasteiger partial charge in [-0.2, -0.15) is 13.2 Å². The first kappa shape index (κ1) is 12.7. The van der Waals surface area contributed by atoms with Gasteiger partial charge in [-0.1, -0.05) is 6.07 Å². The Balaban J connectivity index is 2.41. The summed E-state index contributed by atoms with van der Waals surface area (Å²) >= 11 is 4.47. The van der Waals surface area contributed by atoms with E-state index in [1.807, 2.05) is 0 Å². The molecule has 2 heterocycles. The van der Waals surface area contributed by atoms with E-state index in [1.165, 1.54) is 23.6 Å². The lowest BCUT2D eigenvalue weighted by Gasteiger charge is -2.05. The number of benzene rings is 1. The van der Waals surface area contributed by atoms with E-state index in [-0.39, 0.29) is 5.88 Å². The van der Waals surface area contributed by atoms with Crippen molar-refractivity contribution in [1.29, 1.82) is 0 Å². The van der Waals surface area contributed by atoms with Crippen LogP contribution in [0.1, 0.15) is 5.56 Å². The molecule has 0 radical (unpaired) electrons. The molecule has 1 aromatic carbocycles. The number of halogens is 4. The zero-order valence-electron chi connectivity index (χ0n) is 9.12. The van der Waals surface area contributed by atoms with E-state index >= 15 is 0 Å². The van der Waals surface area contributed by atoms with Gasteiger partial charge >= 0.3 is 6.18 Å². The van der Waals surface area contributed by atoms with Crippen LogP contribution in [-0.4, -0.2) is 10.1 Å². The van der Waals surface area contributed by atoms with Crippen molar-refractivity contribution in [2.24, 2.45) is 0 Å². The maximum absolute atomic E-state index is 12.7. The summed E-state index contributed by atoms with van der Waals surface area (Å²) in [6.07, 6.45) is -2.94. The molecule has 7 heteroatoms. The van der Waals surface area contributed by atoms with Crippen molar-refractivity contribution < 1.29 is 18.3 Å². The Morgan fingerprint density at radius 3 is 2.68 bits per heavy atom. The summed E-state index contributed by atoms with van der Waals surface area (Å²) in [5.41, 5.74) is -0.699. The monoisotopic (exact) mass is 347 g/mol. The van der Waals surface area contributed by atoms with Crippen molar-refractivity contribution >= 4 is 47.4 Å². The summed E-state index contributed by atoms with van der Waals surface area (Å²) in [4.78, 5) is 3.79. The number of thiophene rings is 1. The number of pyridine rings is 1. The zero-order chi connectivity index (χ0) is 13.8. The molecule has 0 fully saturated rings. The predicted molar refractivity (Wildman–Crippen MR) is 71.5 cm³/mol. The van der Waals surface area contributed by atoms with E-state index in [1.54, 1.807) is 0 Å². The number of hydrogen-bond donors (Lipinski definition) is 1. The van der Waals surface area contributed by atoms with Gasteiger partial charge in [0.2, 0.25) is 5.88 Å². The fourth-order valence-electron chi connectivity index (χ4n) is 1.90. The molecule has 0 aliphatic heterocycles. The Bertz CT molecular complexity index is 797. The minimum absolute atomic E-state index is 0.177. The van der Waals surface area contributed by atoms with Crippen LogP contribution in [0.4, 0.5) is 13.2 Å². The van der Waals surface area contributed by atoms with E-state index in [0.29, 0.717) is 24.6 Å². The molecule has 0 amide bonds. The molecule has 19 heavy (non-hydrogen) atoms. The predicted octanol–water partition coefficient (Wildman–Crippen LogP) is 4.94. The summed E-state index contributed by atoms with van der Waals surface area (Å²) in [6, 6.07) is 3.46. The fraction of sp³-hybridized carbons (Fsp3) is 0.0833. The van der Waals surface area contributed by atoms with Gasteiger partial charge in [0.15, 0.2) is 0 Å². The average molecular weight is 348 g/mol. The molecule has 3 aromatic rings. The van der Waals surface area contributed by atoms with Gasteiger partial charge in [-0.15, -0.1) is 11.3 Å². The largest absolute Gasteiger partial charge is 0.493 e. The molecule has 0 aliphatic carbocycles. The highest BCUT2D eigenvalue weighted by atomic mass is 79.9. The topological polar surface area (TPSA) is 33.1 Å². The molecule has 0 bridgehead atoms. The van der Waals surface area contributed by atoms with Gasteiger partial charge in [0.05, 0.1) is 20.1 Å². The Labute approximate surface area is 117 Å². The number of rotatable bonds is 0. The molecule has 0 aliphatic rings. The van der Waals surface area contributed by atoms with Gasteiger partial charge in [-0.05, 0) is 28.1 Å². The highest BCUT2D eigenvalue weighted by molar-refractivity contribution is 9.10. The first-order valence-electron chi connectivity index (χ1n) is 5.15. The Morgan fingerprint density at radius 2 is 2.00 bits per heavy atom. The standard InChI is InChI=1S/C12H5BrF3NOS/c13-7-4-17-11(18)9-6-2-1-5(12(14,15)16)3-8(6)19-10(7)9/h1-4H,(H,17,18). The van der Waals surface area contributed by atoms with Crippen molar-refractivity contribution in [3.63, 3.8) is 0 Å². The number of hydrogen-bond acceptors (Lipinski definition) is 3. The van der Waals surface area contributed by atoms with Gasteiger partial charge < -0.3 is 5.11 Å². The normalized spacial score (nSPS) is 12.4. The Morgan fingerprint density at radius 1 is 1.26 bits per heavy atom. The smallest absolute Gasteiger partial charge is 0.416 e. The molecule has 3 rings (SSSR count). The first-order valence-corrected chi connectivity index (χ1v) is 6.76. The number of aromatic hydroxyl groups is 1. The highest BCUT2D eigenvalue weighted by Gasteiger charge is 2.31. The van der Waals surface area contributed by atoms with Crippen LogP contribution in [-0.2, 0) is 6.18 Å². The maximum Gasteiger partial charge on any atom is 0.416 e. The van der Waals surface area contributed by atoms with Gasteiger partial charge in [-0.3, -0.25) is 0 Å². The maximum atomic E-state index is 12.7. The van der Waals surface area contributed by atoms with Crippen molar-refractivity contribution in [3.05, 3.63) is 34.4 Å². The second-order valence-electron chi connectivity index (χ2n) is 3.94. The van der Waals surface area contributed by atoms with Crippen LogP contribution in [0.25, 0.3) is 20.2 Å². The third-order valence-electron chi connectivity index (χ3n) is 2.76. The summed E-state index contributed by atoms with van der Waals surface area (Å²) < 4.78 is 39.8. The van der Waals surface area contributed by atoms with Crippen LogP contribution >= 0.6 is 27.3 Å². The molecule has 0 unspecified atom stereocenters. The van der Waals surface area contributed by atoms with Gasteiger partial charge in [-0.25, -0.2) is 4.98 Å². The second-order valence-corrected chi connectivity index (χ2v) is 5.85. The third-order valence-corrected chi connectivity index (χ3v) is 4.81.